The molecule has 1 fully saturated rings. The number of carbonyl (C=O) groups excluding carboxylic acids is 1. The Kier molecular flexibility index (Phi) is 5.02. The molecule has 1 aliphatic heterocycles. The van der Waals surface area contributed by atoms with Crippen LogP contribution in [-0.4, -0.2) is 53.1 Å². The molecule has 1 N–H and O–H groups in total. The summed E-state index contributed by atoms with van der Waals surface area (Å²) < 4.78 is 5.22. The fourth-order valence-electron chi connectivity index (χ4n) is 1.54. The molecule has 0 aromatic rings. The van der Waals surface area contributed by atoms with Gasteiger partial charge in [-0.1, -0.05) is 29.8 Å². The van der Waals surface area contributed by atoms with Crippen molar-refractivity contribution in [1.29, 1.82) is 0 Å². The molecule has 15 heavy (non-hydrogen) atoms. The Morgan fingerprint density at radius 3 is 2.87 bits per heavy atom. The Hall–Kier alpha value is -0.130. The molecule has 2 unspecified atom stereocenters. The third kappa shape index (κ3) is 3.16. The summed E-state index contributed by atoms with van der Waals surface area (Å²) in [7, 11) is 0. The molecule has 1 rings (SSSR count). The van der Waals surface area contributed by atoms with Gasteiger partial charge >= 0.3 is 0 Å². The lowest BCUT2D eigenvalue weighted by molar-refractivity contribution is -0.141. The Balaban J connectivity index is 2.63. The normalized spacial score (nSPS) is 24.3. The number of alkyl halides is 1. The summed E-state index contributed by atoms with van der Waals surface area (Å²) in [6.07, 6.45) is 0. The van der Waals surface area contributed by atoms with Crippen LogP contribution in [-0.2, 0) is 9.53 Å². The third-order valence-corrected chi connectivity index (χ3v) is 3.99. The van der Waals surface area contributed by atoms with Gasteiger partial charge in [-0.2, -0.15) is 0 Å². The Bertz CT molecular complexity index is 223. The zero-order valence-electron chi connectivity index (χ0n) is 9.15. The molecule has 0 radical (unpaired) electrons. The van der Waals surface area contributed by atoms with E-state index in [2.05, 4.69) is 15.9 Å². The van der Waals surface area contributed by atoms with E-state index in [0.29, 0.717) is 19.8 Å². The van der Waals surface area contributed by atoms with Gasteiger partial charge in [0.15, 0.2) is 0 Å². The minimum Gasteiger partial charge on any atom is -0.394 e. The molecular formula is C10H18BrNO3. The van der Waals surface area contributed by atoms with Crippen LogP contribution in [0.2, 0.25) is 0 Å². The highest BCUT2D eigenvalue weighted by atomic mass is 79.9. The lowest BCUT2D eigenvalue weighted by Gasteiger charge is -2.36. The first-order valence-corrected chi connectivity index (χ1v) is 6.12. The van der Waals surface area contributed by atoms with Crippen molar-refractivity contribution in [2.24, 2.45) is 5.92 Å². The number of morpholine rings is 1. The second-order valence-electron chi connectivity index (χ2n) is 4.09. The summed E-state index contributed by atoms with van der Waals surface area (Å²) in [6, 6.07) is -0.190. The quantitative estimate of drug-likeness (QED) is 0.771. The van der Waals surface area contributed by atoms with Crippen LogP contribution < -0.4 is 0 Å². The van der Waals surface area contributed by atoms with Gasteiger partial charge in [0.1, 0.15) is 0 Å². The highest BCUT2D eigenvalue weighted by Crippen LogP contribution is 2.18. The molecule has 2 atom stereocenters. The van der Waals surface area contributed by atoms with Gasteiger partial charge in [0.25, 0.3) is 0 Å². The van der Waals surface area contributed by atoms with E-state index in [9.17, 15) is 4.79 Å². The average molecular weight is 280 g/mol. The van der Waals surface area contributed by atoms with Crippen molar-refractivity contribution in [3.8, 4) is 0 Å². The SMILES string of the molecule is CC(C)C(Br)C(=O)N1CCOCC1CO. The van der Waals surface area contributed by atoms with Gasteiger partial charge in [-0.05, 0) is 5.92 Å². The molecule has 0 aliphatic carbocycles. The smallest absolute Gasteiger partial charge is 0.237 e. The van der Waals surface area contributed by atoms with Crippen molar-refractivity contribution >= 4 is 21.8 Å². The highest BCUT2D eigenvalue weighted by Gasteiger charge is 2.31. The lowest BCUT2D eigenvalue weighted by atomic mass is 10.1. The van der Waals surface area contributed by atoms with Crippen molar-refractivity contribution in [2.45, 2.75) is 24.7 Å². The third-order valence-electron chi connectivity index (χ3n) is 2.54. The van der Waals surface area contributed by atoms with Gasteiger partial charge < -0.3 is 14.7 Å². The predicted octanol–water partition coefficient (Wildman–Crippen LogP) is 0.626. The fraction of sp³-hybridized carbons (Fsp3) is 0.900. The number of amides is 1. The zero-order chi connectivity index (χ0) is 11.4. The number of hydrogen-bond donors (Lipinski definition) is 1. The van der Waals surface area contributed by atoms with Gasteiger partial charge in [0.05, 0.1) is 30.7 Å². The summed E-state index contributed by atoms with van der Waals surface area (Å²) in [5.74, 6) is 0.298. The molecule has 5 heteroatoms. The van der Waals surface area contributed by atoms with Crippen molar-refractivity contribution in [2.75, 3.05) is 26.4 Å². The number of ether oxygens (including phenoxy) is 1. The molecule has 1 aliphatic rings. The number of hydrogen-bond acceptors (Lipinski definition) is 3. The van der Waals surface area contributed by atoms with Crippen molar-refractivity contribution in [1.82, 2.24) is 4.90 Å². The van der Waals surface area contributed by atoms with Crippen LogP contribution in [0.15, 0.2) is 0 Å². The number of halogens is 1. The van der Waals surface area contributed by atoms with Gasteiger partial charge in [-0.25, -0.2) is 0 Å². The molecule has 1 saturated heterocycles. The van der Waals surface area contributed by atoms with Crippen LogP contribution in [0, 0.1) is 5.92 Å². The first kappa shape index (κ1) is 12.9. The predicted molar refractivity (Wildman–Crippen MR) is 61.0 cm³/mol. The molecule has 1 amide bonds. The maximum absolute atomic E-state index is 12.0. The van der Waals surface area contributed by atoms with Crippen molar-refractivity contribution < 1.29 is 14.6 Å². The molecule has 0 bridgehead atoms. The van der Waals surface area contributed by atoms with Gasteiger partial charge in [-0.15, -0.1) is 0 Å². The maximum Gasteiger partial charge on any atom is 0.237 e. The van der Waals surface area contributed by atoms with E-state index >= 15 is 0 Å². The average Bonchev–Trinajstić information content (AvgIpc) is 2.26. The van der Waals surface area contributed by atoms with E-state index in [1.807, 2.05) is 13.8 Å². The van der Waals surface area contributed by atoms with E-state index in [1.54, 1.807) is 4.90 Å². The van der Waals surface area contributed by atoms with Gasteiger partial charge in [-0.3, -0.25) is 4.79 Å². The lowest BCUT2D eigenvalue weighted by Crippen LogP contribution is -2.53. The number of carbonyl (C=O) groups is 1. The molecular weight excluding hydrogens is 262 g/mol. The largest absolute Gasteiger partial charge is 0.394 e. The number of rotatable bonds is 3. The first-order chi connectivity index (χ1) is 7.07. The fourth-order valence-corrected chi connectivity index (χ4v) is 1.80. The molecule has 0 aromatic carbocycles. The Morgan fingerprint density at radius 1 is 1.67 bits per heavy atom. The number of nitrogens with zero attached hydrogens (tertiary/aromatic N) is 1. The Morgan fingerprint density at radius 2 is 2.33 bits per heavy atom. The molecule has 88 valence electrons. The van der Waals surface area contributed by atoms with Crippen molar-refractivity contribution in [3.63, 3.8) is 0 Å². The van der Waals surface area contributed by atoms with Crippen LogP contribution in [0.25, 0.3) is 0 Å². The second-order valence-corrected chi connectivity index (χ2v) is 5.08. The van der Waals surface area contributed by atoms with E-state index in [4.69, 9.17) is 9.84 Å². The topological polar surface area (TPSA) is 49.8 Å². The second kappa shape index (κ2) is 5.82. The summed E-state index contributed by atoms with van der Waals surface area (Å²) in [4.78, 5) is 13.6. The number of aliphatic hydroxyl groups excluding tert-OH is 1. The summed E-state index contributed by atoms with van der Waals surface area (Å²) in [5.41, 5.74) is 0. The van der Waals surface area contributed by atoms with Crippen LogP contribution in [0.5, 0.6) is 0 Å². The first-order valence-electron chi connectivity index (χ1n) is 5.21. The minimum absolute atomic E-state index is 0.0381. The number of aliphatic hydroxyl groups is 1. The van der Waals surface area contributed by atoms with Gasteiger partial charge in [0, 0.05) is 6.54 Å². The van der Waals surface area contributed by atoms with Crippen LogP contribution >= 0.6 is 15.9 Å². The van der Waals surface area contributed by atoms with Crippen LogP contribution in [0.3, 0.4) is 0 Å². The van der Waals surface area contributed by atoms with E-state index in [1.165, 1.54) is 0 Å². The monoisotopic (exact) mass is 279 g/mol. The standard InChI is InChI=1S/C10H18BrNO3/c1-7(2)9(11)10(14)12-3-4-15-6-8(12)5-13/h7-9,13H,3-6H2,1-2H3. The molecule has 1 heterocycles. The maximum atomic E-state index is 12.0. The molecule has 0 spiro atoms. The van der Waals surface area contributed by atoms with E-state index in [-0.39, 0.29) is 29.3 Å². The molecule has 4 nitrogen and oxygen atoms in total. The van der Waals surface area contributed by atoms with Crippen LogP contribution in [0.4, 0.5) is 0 Å². The Labute approximate surface area is 98.7 Å². The summed E-state index contributed by atoms with van der Waals surface area (Å²) in [5, 5.41) is 9.14. The minimum atomic E-state index is -0.190. The van der Waals surface area contributed by atoms with Crippen molar-refractivity contribution in [3.05, 3.63) is 0 Å². The summed E-state index contributed by atoms with van der Waals surface area (Å²) >= 11 is 3.39. The summed E-state index contributed by atoms with van der Waals surface area (Å²) in [6.45, 7) is 5.50. The van der Waals surface area contributed by atoms with Crippen LogP contribution in [0.1, 0.15) is 13.8 Å². The molecule has 0 aromatic heterocycles. The highest BCUT2D eigenvalue weighted by molar-refractivity contribution is 9.10. The molecule has 0 saturated carbocycles. The van der Waals surface area contributed by atoms with E-state index in [0.717, 1.165) is 0 Å². The zero-order valence-corrected chi connectivity index (χ0v) is 10.7. The van der Waals surface area contributed by atoms with E-state index < -0.39 is 0 Å². The van der Waals surface area contributed by atoms with Gasteiger partial charge in [0.2, 0.25) is 5.91 Å².